The number of hydrogen-bond acceptors (Lipinski definition) is 3. The van der Waals surface area contributed by atoms with Gasteiger partial charge in [-0.2, -0.15) is 5.10 Å². The summed E-state index contributed by atoms with van der Waals surface area (Å²) in [6.45, 7) is 4.12. The van der Waals surface area contributed by atoms with Crippen molar-refractivity contribution in [3.8, 4) is 0 Å². The molecule has 29 heavy (non-hydrogen) atoms. The Bertz CT molecular complexity index is 600. The number of unbranched alkanes of at least 4 members (excludes halogenated alkanes) is 2. The van der Waals surface area contributed by atoms with Gasteiger partial charge < -0.3 is 15.0 Å². The number of aromatic nitrogens is 2. The molecule has 1 N–H and O–H groups in total. The number of halogens is 1. The van der Waals surface area contributed by atoms with Gasteiger partial charge in [-0.1, -0.05) is 19.3 Å². The highest BCUT2D eigenvalue weighted by Crippen LogP contribution is 2.21. The highest BCUT2D eigenvalue weighted by molar-refractivity contribution is 14.0. The van der Waals surface area contributed by atoms with Gasteiger partial charge in [-0.3, -0.25) is 9.67 Å². The van der Waals surface area contributed by atoms with Gasteiger partial charge >= 0.3 is 0 Å². The summed E-state index contributed by atoms with van der Waals surface area (Å²) in [6.07, 6.45) is 17.2. The Labute approximate surface area is 193 Å². The van der Waals surface area contributed by atoms with Gasteiger partial charge in [0.1, 0.15) is 0 Å². The van der Waals surface area contributed by atoms with Crippen molar-refractivity contribution in [3.63, 3.8) is 0 Å². The second-order valence-electron chi connectivity index (χ2n) is 8.49. The average Bonchev–Trinajstić information content (AvgIpc) is 3.34. The van der Waals surface area contributed by atoms with Crippen LogP contribution in [0.15, 0.2) is 17.4 Å². The fraction of sp³-hybridized carbons (Fsp3) is 0.818. The standard InChI is InChI=1S/C22H39N5O.HI/c1-23-22(24-12-7-4-8-14-28-21-9-5-3-6-10-21)27-13-11-19(18-27)15-20-16-25-26(2)17-20;/h16-17,19,21H,3-15,18H2,1-2H3,(H,23,24);1H. The lowest BCUT2D eigenvalue weighted by Gasteiger charge is -2.22. The molecule has 0 aromatic carbocycles. The highest BCUT2D eigenvalue weighted by atomic mass is 127. The van der Waals surface area contributed by atoms with Crippen molar-refractivity contribution in [2.75, 3.05) is 33.3 Å². The number of aryl methyl sites for hydroxylation is 1. The van der Waals surface area contributed by atoms with Crippen LogP contribution < -0.4 is 5.32 Å². The lowest BCUT2D eigenvalue weighted by Crippen LogP contribution is -2.40. The SMILES string of the molecule is CN=C(NCCCCCOC1CCCCC1)N1CCC(Cc2cnn(C)c2)C1.I. The van der Waals surface area contributed by atoms with Gasteiger partial charge in [0.2, 0.25) is 0 Å². The Morgan fingerprint density at radius 3 is 2.76 bits per heavy atom. The molecule has 2 heterocycles. The number of nitrogens with zero attached hydrogens (tertiary/aromatic N) is 4. The second kappa shape index (κ2) is 13.5. The molecule has 1 aromatic heterocycles. The minimum atomic E-state index is 0. The monoisotopic (exact) mass is 517 g/mol. The molecule has 2 fully saturated rings. The molecule has 1 unspecified atom stereocenters. The summed E-state index contributed by atoms with van der Waals surface area (Å²) in [7, 11) is 3.88. The third kappa shape index (κ3) is 8.44. The quantitative estimate of drug-likeness (QED) is 0.233. The zero-order chi connectivity index (χ0) is 19.6. The molecule has 3 rings (SSSR count). The Kier molecular flexibility index (Phi) is 11.4. The molecule has 1 saturated heterocycles. The van der Waals surface area contributed by atoms with E-state index >= 15 is 0 Å². The van der Waals surface area contributed by atoms with E-state index in [1.165, 1.54) is 63.4 Å². The summed E-state index contributed by atoms with van der Waals surface area (Å²) in [6, 6.07) is 0. The van der Waals surface area contributed by atoms with E-state index < -0.39 is 0 Å². The molecule has 1 atom stereocenters. The molecule has 1 aliphatic heterocycles. The summed E-state index contributed by atoms with van der Waals surface area (Å²) in [4.78, 5) is 6.91. The van der Waals surface area contributed by atoms with Crippen molar-refractivity contribution in [1.29, 1.82) is 0 Å². The van der Waals surface area contributed by atoms with E-state index in [1.807, 2.05) is 25.0 Å². The van der Waals surface area contributed by atoms with E-state index in [-0.39, 0.29) is 24.0 Å². The summed E-state index contributed by atoms with van der Waals surface area (Å²) in [5, 5.41) is 7.84. The number of likely N-dealkylation sites (tertiary alicyclic amines) is 1. The van der Waals surface area contributed by atoms with Gasteiger partial charge in [0, 0.05) is 46.5 Å². The number of rotatable bonds is 9. The minimum absolute atomic E-state index is 0. The van der Waals surface area contributed by atoms with Gasteiger partial charge in [0.15, 0.2) is 5.96 Å². The molecule has 0 bridgehead atoms. The third-order valence-electron chi connectivity index (χ3n) is 6.09. The maximum absolute atomic E-state index is 6.02. The van der Waals surface area contributed by atoms with Crippen LogP contribution in [0.1, 0.15) is 63.4 Å². The molecule has 1 saturated carbocycles. The van der Waals surface area contributed by atoms with Crippen LogP contribution in [0.5, 0.6) is 0 Å². The van der Waals surface area contributed by atoms with Gasteiger partial charge in [-0.15, -0.1) is 24.0 Å². The number of hydrogen-bond donors (Lipinski definition) is 1. The highest BCUT2D eigenvalue weighted by Gasteiger charge is 2.25. The first-order valence-corrected chi connectivity index (χ1v) is 11.3. The maximum atomic E-state index is 6.02. The summed E-state index contributed by atoms with van der Waals surface area (Å²) >= 11 is 0. The van der Waals surface area contributed by atoms with E-state index in [1.54, 1.807) is 0 Å². The van der Waals surface area contributed by atoms with Crippen molar-refractivity contribution < 1.29 is 4.74 Å². The lowest BCUT2D eigenvalue weighted by molar-refractivity contribution is 0.0264. The summed E-state index contributed by atoms with van der Waals surface area (Å²) in [5.41, 5.74) is 1.34. The van der Waals surface area contributed by atoms with Crippen LogP contribution in [-0.4, -0.2) is 60.0 Å². The van der Waals surface area contributed by atoms with E-state index in [9.17, 15) is 0 Å². The van der Waals surface area contributed by atoms with E-state index in [2.05, 4.69) is 26.5 Å². The average molecular weight is 518 g/mol. The molecular formula is C22H40IN5O. The van der Waals surface area contributed by atoms with Crippen molar-refractivity contribution in [2.24, 2.45) is 18.0 Å². The maximum Gasteiger partial charge on any atom is 0.193 e. The van der Waals surface area contributed by atoms with Crippen molar-refractivity contribution >= 4 is 29.9 Å². The fourth-order valence-corrected chi connectivity index (χ4v) is 4.52. The van der Waals surface area contributed by atoms with Crippen LogP contribution in [0.4, 0.5) is 0 Å². The zero-order valence-electron chi connectivity index (χ0n) is 18.3. The van der Waals surface area contributed by atoms with Crippen LogP contribution in [0, 0.1) is 5.92 Å². The molecule has 7 heteroatoms. The molecule has 0 radical (unpaired) electrons. The first-order valence-electron chi connectivity index (χ1n) is 11.3. The second-order valence-corrected chi connectivity index (χ2v) is 8.49. The minimum Gasteiger partial charge on any atom is -0.378 e. The van der Waals surface area contributed by atoms with Gasteiger partial charge in [0.25, 0.3) is 0 Å². The van der Waals surface area contributed by atoms with Crippen LogP contribution in [0.25, 0.3) is 0 Å². The lowest BCUT2D eigenvalue weighted by atomic mass is 9.98. The van der Waals surface area contributed by atoms with Crippen molar-refractivity contribution in [1.82, 2.24) is 20.0 Å². The van der Waals surface area contributed by atoms with Crippen molar-refractivity contribution in [2.45, 2.75) is 70.3 Å². The smallest absolute Gasteiger partial charge is 0.193 e. The van der Waals surface area contributed by atoms with Crippen LogP contribution >= 0.6 is 24.0 Å². The van der Waals surface area contributed by atoms with Crippen LogP contribution in [0.3, 0.4) is 0 Å². The Morgan fingerprint density at radius 2 is 2.03 bits per heavy atom. The van der Waals surface area contributed by atoms with E-state index in [0.29, 0.717) is 12.0 Å². The predicted molar refractivity (Wildman–Crippen MR) is 130 cm³/mol. The predicted octanol–water partition coefficient (Wildman–Crippen LogP) is 4.00. The normalized spacial score (nSPS) is 20.7. The molecule has 1 aliphatic carbocycles. The number of nitrogens with one attached hydrogen (secondary N) is 1. The van der Waals surface area contributed by atoms with Gasteiger partial charge in [-0.25, -0.2) is 0 Å². The van der Waals surface area contributed by atoms with Crippen LogP contribution in [0.2, 0.25) is 0 Å². The van der Waals surface area contributed by atoms with Crippen molar-refractivity contribution in [3.05, 3.63) is 18.0 Å². The van der Waals surface area contributed by atoms with Crippen LogP contribution in [-0.2, 0) is 18.2 Å². The summed E-state index contributed by atoms with van der Waals surface area (Å²) < 4.78 is 7.91. The zero-order valence-corrected chi connectivity index (χ0v) is 20.6. The molecule has 166 valence electrons. The number of ether oxygens (including phenoxy) is 1. The largest absolute Gasteiger partial charge is 0.378 e. The number of aliphatic imine (C=N–C) groups is 1. The molecule has 2 aliphatic rings. The Hall–Kier alpha value is -0.830. The molecule has 6 nitrogen and oxygen atoms in total. The molecule has 0 spiro atoms. The molecule has 0 amide bonds. The Balaban J connectivity index is 0.00000300. The van der Waals surface area contributed by atoms with Gasteiger partial charge in [-0.05, 0) is 56.4 Å². The van der Waals surface area contributed by atoms with E-state index in [0.717, 1.165) is 38.6 Å². The number of guanidine groups is 1. The fourth-order valence-electron chi connectivity index (χ4n) is 4.52. The van der Waals surface area contributed by atoms with E-state index in [4.69, 9.17) is 4.74 Å². The molecular weight excluding hydrogens is 477 g/mol. The first-order chi connectivity index (χ1) is 13.7. The summed E-state index contributed by atoms with van der Waals surface area (Å²) in [5.74, 6) is 1.76. The Morgan fingerprint density at radius 1 is 1.21 bits per heavy atom. The first kappa shape index (κ1) is 24.4. The third-order valence-corrected chi connectivity index (χ3v) is 6.09. The molecule has 1 aromatic rings. The topological polar surface area (TPSA) is 54.7 Å². The van der Waals surface area contributed by atoms with Gasteiger partial charge in [0.05, 0.1) is 12.3 Å².